The van der Waals surface area contributed by atoms with Crippen LogP contribution >= 0.6 is 15.9 Å². The van der Waals surface area contributed by atoms with Crippen LogP contribution in [0.5, 0.6) is 5.75 Å². The maximum absolute atomic E-state index is 11.4. The highest BCUT2D eigenvalue weighted by atomic mass is 79.9. The molecular formula is C13H18BrNO3S. The van der Waals surface area contributed by atoms with Gasteiger partial charge in [0.05, 0.1) is 18.6 Å². The normalized spacial score (nSPS) is 21.5. The number of hydrogen-bond donors (Lipinski definition) is 1. The lowest BCUT2D eigenvalue weighted by Crippen LogP contribution is -2.23. The van der Waals surface area contributed by atoms with Crippen molar-refractivity contribution < 1.29 is 13.2 Å². The number of methoxy groups -OCH3 is 1. The number of sulfone groups is 1. The molecule has 106 valence electrons. The van der Waals surface area contributed by atoms with Crippen molar-refractivity contribution in [2.24, 2.45) is 5.92 Å². The summed E-state index contributed by atoms with van der Waals surface area (Å²) in [7, 11) is -1.14. The van der Waals surface area contributed by atoms with Gasteiger partial charge in [-0.25, -0.2) is 8.42 Å². The number of hydrogen-bond acceptors (Lipinski definition) is 4. The van der Waals surface area contributed by atoms with Gasteiger partial charge in [-0.3, -0.25) is 0 Å². The Labute approximate surface area is 122 Å². The summed E-state index contributed by atoms with van der Waals surface area (Å²) in [5.41, 5.74) is 1.11. The van der Waals surface area contributed by atoms with E-state index in [4.69, 9.17) is 4.74 Å². The molecule has 1 aliphatic heterocycles. The summed E-state index contributed by atoms with van der Waals surface area (Å²) in [4.78, 5) is 0. The molecule has 1 N–H and O–H groups in total. The zero-order valence-electron chi connectivity index (χ0n) is 10.9. The maximum Gasteiger partial charge on any atom is 0.150 e. The maximum atomic E-state index is 11.4. The Morgan fingerprint density at radius 2 is 2.26 bits per heavy atom. The zero-order chi connectivity index (χ0) is 13.9. The summed E-state index contributed by atoms with van der Waals surface area (Å²) in [6.45, 7) is 1.44. The fraction of sp³-hybridized carbons (Fsp3) is 0.538. The van der Waals surface area contributed by atoms with Gasteiger partial charge >= 0.3 is 0 Å². The smallest absolute Gasteiger partial charge is 0.150 e. The third kappa shape index (κ3) is 4.19. The molecule has 0 radical (unpaired) electrons. The summed E-state index contributed by atoms with van der Waals surface area (Å²) in [5, 5.41) is 3.32. The lowest BCUT2D eigenvalue weighted by molar-refractivity contribution is 0.413. The van der Waals surface area contributed by atoms with Crippen LogP contribution in [0.15, 0.2) is 22.7 Å². The largest absolute Gasteiger partial charge is 0.497 e. The molecule has 0 aromatic heterocycles. The Balaban J connectivity index is 1.86. The minimum absolute atomic E-state index is 0.245. The first kappa shape index (κ1) is 14.8. The highest BCUT2D eigenvalue weighted by Crippen LogP contribution is 2.23. The van der Waals surface area contributed by atoms with E-state index >= 15 is 0 Å². The third-order valence-corrected chi connectivity index (χ3v) is 5.94. The van der Waals surface area contributed by atoms with E-state index in [0.717, 1.165) is 28.8 Å². The van der Waals surface area contributed by atoms with E-state index in [1.54, 1.807) is 7.11 Å². The molecule has 1 saturated heterocycles. The molecule has 4 nitrogen and oxygen atoms in total. The van der Waals surface area contributed by atoms with Crippen LogP contribution in [0.25, 0.3) is 0 Å². The van der Waals surface area contributed by atoms with E-state index < -0.39 is 9.84 Å². The molecular weight excluding hydrogens is 330 g/mol. The van der Waals surface area contributed by atoms with Gasteiger partial charge in [0.25, 0.3) is 0 Å². The van der Waals surface area contributed by atoms with Gasteiger partial charge in [0.15, 0.2) is 9.84 Å². The van der Waals surface area contributed by atoms with Crippen LogP contribution in [0.3, 0.4) is 0 Å². The van der Waals surface area contributed by atoms with Crippen molar-refractivity contribution in [1.82, 2.24) is 5.32 Å². The van der Waals surface area contributed by atoms with Crippen molar-refractivity contribution in [1.29, 1.82) is 0 Å². The molecule has 1 heterocycles. The molecule has 0 saturated carbocycles. The van der Waals surface area contributed by atoms with Gasteiger partial charge < -0.3 is 10.1 Å². The van der Waals surface area contributed by atoms with Gasteiger partial charge in [0.1, 0.15) is 5.75 Å². The third-order valence-electron chi connectivity index (χ3n) is 3.33. The molecule has 0 amide bonds. The predicted octanol–water partition coefficient (Wildman–Crippen LogP) is 1.98. The first-order valence-electron chi connectivity index (χ1n) is 6.24. The quantitative estimate of drug-likeness (QED) is 0.884. The number of benzene rings is 1. The van der Waals surface area contributed by atoms with Crippen LogP contribution in [0.1, 0.15) is 12.0 Å². The van der Waals surface area contributed by atoms with Gasteiger partial charge in [-0.2, -0.15) is 0 Å². The van der Waals surface area contributed by atoms with Crippen molar-refractivity contribution >= 4 is 25.8 Å². The van der Waals surface area contributed by atoms with Crippen LogP contribution in [0, 0.1) is 5.92 Å². The summed E-state index contributed by atoms with van der Waals surface area (Å²) in [5.74, 6) is 1.72. The number of rotatable bonds is 5. The molecule has 1 aliphatic rings. The van der Waals surface area contributed by atoms with Gasteiger partial charge in [-0.15, -0.1) is 0 Å². The van der Waals surface area contributed by atoms with Crippen molar-refractivity contribution in [3.63, 3.8) is 0 Å². The topological polar surface area (TPSA) is 55.4 Å². The molecule has 0 spiro atoms. The Morgan fingerprint density at radius 1 is 1.47 bits per heavy atom. The van der Waals surface area contributed by atoms with Crippen LogP contribution in [-0.4, -0.2) is 33.6 Å². The highest BCUT2D eigenvalue weighted by molar-refractivity contribution is 9.10. The average molecular weight is 348 g/mol. The van der Waals surface area contributed by atoms with E-state index in [1.165, 1.54) is 0 Å². The van der Waals surface area contributed by atoms with Gasteiger partial charge in [-0.1, -0.05) is 15.9 Å². The summed E-state index contributed by atoms with van der Waals surface area (Å²) in [6.07, 6.45) is 0.772. The second kappa shape index (κ2) is 6.24. The Morgan fingerprint density at radius 3 is 2.89 bits per heavy atom. The minimum Gasteiger partial charge on any atom is -0.497 e. The van der Waals surface area contributed by atoms with E-state index in [1.807, 2.05) is 18.2 Å². The first-order valence-corrected chi connectivity index (χ1v) is 8.85. The van der Waals surface area contributed by atoms with Gasteiger partial charge in [0.2, 0.25) is 0 Å². The number of nitrogens with one attached hydrogen (secondary N) is 1. The van der Waals surface area contributed by atoms with Crippen molar-refractivity contribution in [2.75, 3.05) is 25.2 Å². The van der Waals surface area contributed by atoms with Crippen molar-refractivity contribution in [3.05, 3.63) is 28.2 Å². The van der Waals surface area contributed by atoms with Crippen LogP contribution in [-0.2, 0) is 16.4 Å². The highest BCUT2D eigenvalue weighted by Gasteiger charge is 2.27. The minimum atomic E-state index is -2.78. The van der Waals surface area contributed by atoms with Crippen molar-refractivity contribution in [3.8, 4) is 5.75 Å². The van der Waals surface area contributed by atoms with E-state index in [9.17, 15) is 8.42 Å². The lowest BCUT2D eigenvalue weighted by Gasteiger charge is -2.11. The van der Waals surface area contributed by atoms with Crippen LogP contribution < -0.4 is 10.1 Å². The second-order valence-electron chi connectivity index (χ2n) is 4.86. The Bertz CT molecular complexity index is 545. The molecule has 2 rings (SSSR count). The number of ether oxygens (including phenoxy) is 1. The fourth-order valence-electron chi connectivity index (χ4n) is 2.26. The standard InChI is InChI=1S/C13H18BrNO3S/c1-18-12-2-3-13(14)11(6-12)8-15-7-10-4-5-19(16,17)9-10/h2-3,6,10,15H,4-5,7-9H2,1H3. The number of halogens is 1. The van der Waals surface area contributed by atoms with Gasteiger partial charge in [0, 0.05) is 11.0 Å². The molecule has 1 atom stereocenters. The van der Waals surface area contributed by atoms with E-state index in [-0.39, 0.29) is 5.92 Å². The molecule has 19 heavy (non-hydrogen) atoms. The van der Waals surface area contributed by atoms with E-state index in [2.05, 4.69) is 21.2 Å². The van der Waals surface area contributed by atoms with Gasteiger partial charge in [-0.05, 0) is 42.6 Å². The molecule has 1 aromatic carbocycles. The molecule has 1 fully saturated rings. The average Bonchev–Trinajstić information content (AvgIpc) is 2.71. The summed E-state index contributed by atoms with van der Waals surface area (Å²) < 4.78 is 28.9. The zero-order valence-corrected chi connectivity index (χ0v) is 13.3. The SMILES string of the molecule is COc1ccc(Br)c(CNCC2CCS(=O)(=O)C2)c1. The molecule has 1 aromatic rings. The summed E-state index contributed by atoms with van der Waals surface area (Å²) >= 11 is 3.50. The predicted molar refractivity (Wildman–Crippen MR) is 79.2 cm³/mol. The second-order valence-corrected chi connectivity index (χ2v) is 7.94. The van der Waals surface area contributed by atoms with E-state index in [0.29, 0.717) is 18.1 Å². The Hall–Kier alpha value is -0.590. The van der Waals surface area contributed by atoms with Crippen LogP contribution in [0.2, 0.25) is 0 Å². The molecule has 0 aliphatic carbocycles. The molecule has 6 heteroatoms. The summed E-state index contributed by atoms with van der Waals surface area (Å²) in [6, 6.07) is 5.83. The van der Waals surface area contributed by atoms with Crippen molar-refractivity contribution in [2.45, 2.75) is 13.0 Å². The molecule has 1 unspecified atom stereocenters. The molecule has 0 bridgehead atoms. The first-order chi connectivity index (χ1) is 9.00. The lowest BCUT2D eigenvalue weighted by atomic mass is 10.1. The Kier molecular flexibility index (Phi) is 4.86. The monoisotopic (exact) mass is 347 g/mol. The fourth-order valence-corrected chi connectivity index (χ4v) is 4.51. The van der Waals surface area contributed by atoms with Crippen LogP contribution in [0.4, 0.5) is 0 Å².